The number of nitrogens with one attached hydrogen (secondary N) is 3. The van der Waals surface area contributed by atoms with Crippen LogP contribution in [0, 0.1) is 0 Å². The Bertz CT molecular complexity index is 808. The van der Waals surface area contributed by atoms with Gasteiger partial charge in [0.25, 0.3) is 0 Å². The van der Waals surface area contributed by atoms with Crippen LogP contribution in [0.2, 0.25) is 0 Å². The predicted octanol–water partition coefficient (Wildman–Crippen LogP) is 3.54. The van der Waals surface area contributed by atoms with Gasteiger partial charge in [0.05, 0.1) is 5.76 Å². The quantitative estimate of drug-likeness (QED) is 0.167. The third-order valence-electron chi connectivity index (χ3n) is 3.63. The molecule has 0 fully saturated rings. The molecule has 176 valence electrons. The molecule has 0 spiro atoms. The molecule has 0 saturated carbocycles. The van der Waals surface area contributed by atoms with Gasteiger partial charge in [-0.3, -0.25) is 5.32 Å². The molecule has 2 amide bonds. The minimum Gasteiger partial charge on any atom is -0.458 e. The van der Waals surface area contributed by atoms with Gasteiger partial charge in [-0.15, -0.1) is 0 Å². The Labute approximate surface area is 193 Å². The van der Waals surface area contributed by atoms with Crippen LogP contribution in [0.5, 0.6) is 0 Å². The molecular weight excluding hydrogens is 434 g/mol. The van der Waals surface area contributed by atoms with Crippen molar-refractivity contribution in [2.45, 2.75) is 58.8 Å². The van der Waals surface area contributed by atoms with Crippen LogP contribution < -0.4 is 16.0 Å². The highest BCUT2D eigenvalue weighted by molar-refractivity contribution is 7.80. The molecule has 1 aromatic rings. The molecule has 10 heteroatoms. The molecule has 1 atom stereocenters. The van der Waals surface area contributed by atoms with E-state index in [1.807, 2.05) is 30.3 Å². The first-order chi connectivity index (χ1) is 15.0. The fraction of sp³-hybridized carbons (Fsp3) is 0.455. The molecule has 1 rings (SSSR count). The van der Waals surface area contributed by atoms with Crippen molar-refractivity contribution in [3.63, 3.8) is 0 Å². The molecule has 1 aromatic carbocycles. The van der Waals surface area contributed by atoms with Crippen LogP contribution in [-0.2, 0) is 25.6 Å². The highest BCUT2D eigenvalue weighted by Crippen LogP contribution is 2.11. The van der Waals surface area contributed by atoms with Crippen molar-refractivity contribution in [3.05, 3.63) is 48.2 Å². The van der Waals surface area contributed by atoms with E-state index in [4.69, 9.17) is 26.4 Å². The SMILES string of the molecule is C=C(C)OC(=O)N[C@@H](CCCNC(=S)NC(=O)OCc1ccccc1)C(=O)OC(C)(C)C. The molecular formula is C22H31N3O6S. The van der Waals surface area contributed by atoms with Gasteiger partial charge >= 0.3 is 18.2 Å². The van der Waals surface area contributed by atoms with E-state index in [0.29, 0.717) is 13.0 Å². The van der Waals surface area contributed by atoms with Crippen LogP contribution in [0.3, 0.4) is 0 Å². The Morgan fingerprint density at radius 3 is 2.38 bits per heavy atom. The summed E-state index contributed by atoms with van der Waals surface area (Å²) in [7, 11) is 0. The summed E-state index contributed by atoms with van der Waals surface area (Å²) >= 11 is 5.07. The normalized spacial score (nSPS) is 11.5. The number of amides is 2. The van der Waals surface area contributed by atoms with Crippen LogP contribution in [-0.4, -0.2) is 41.5 Å². The lowest BCUT2D eigenvalue weighted by atomic mass is 10.1. The summed E-state index contributed by atoms with van der Waals surface area (Å²) in [6.07, 6.45) is -0.770. The molecule has 3 N–H and O–H groups in total. The fourth-order valence-corrected chi connectivity index (χ4v) is 2.54. The first-order valence-electron chi connectivity index (χ1n) is 10.1. The van der Waals surface area contributed by atoms with E-state index >= 15 is 0 Å². The maximum Gasteiger partial charge on any atom is 0.413 e. The van der Waals surface area contributed by atoms with Crippen LogP contribution in [0.15, 0.2) is 42.7 Å². The van der Waals surface area contributed by atoms with Gasteiger partial charge in [0.1, 0.15) is 18.2 Å². The molecule has 0 unspecified atom stereocenters. The molecule has 0 heterocycles. The maximum absolute atomic E-state index is 12.4. The van der Waals surface area contributed by atoms with Crippen LogP contribution in [0.25, 0.3) is 0 Å². The molecule has 9 nitrogen and oxygen atoms in total. The van der Waals surface area contributed by atoms with Crippen LogP contribution in [0.1, 0.15) is 46.1 Å². The standard InChI is InChI=1S/C22H31N3O6S/c1-15(2)30-21(28)24-17(18(26)31-22(3,4)5)12-9-13-23-19(32)25-20(27)29-14-16-10-7-6-8-11-16/h6-8,10-11,17H,1,9,12-14H2,2-5H3,(H,24,28)(H2,23,25,27,32)/t17-/m0/s1. The molecule has 0 bridgehead atoms. The van der Waals surface area contributed by atoms with E-state index in [-0.39, 0.29) is 23.9 Å². The highest BCUT2D eigenvalue weighted by Gasteiger charge is 2.27. The van der Waals surface area contributed by atoms with Gasteiger partial charge in [-0.1, -0.05) is 36.9 Å². The average molecular weight is 466 g/mol. The summed E-state index contributed by atoms with van der Waals surface area (Å²) in [4.78, 5) is 36.1. The topological polar surface area (TPSA) is 115 Å². The van der Waals surface area contributed by atoms with Crippen molar-refractivity contribution >= 4 is 35.5 Å². The number of esters is 1. The van der Waals surface area contributed by atoms with E-state index in [1.165, 1.54) is 6.92 Å². The molecule has 0 aliphatic rings. The second-order valence-corrected chi connectivity index (χ2v) is 8.32. The highest BCUT2D eigenvalue weighted by atomic mass is 32.1. The first-order valence-corrected chi connectivity index (χ1v) is 10.5. The van der Waals surface area contributed by atoms with Gasteiger partial charge in [0, 0.05) is 6.54 Å². The summed E-state index contributed by atoms with van der Waals surface area (Å²) < 4.78 is 15.3. The Morgan fingerprint density at radius 1 is 1.12 bits per heavy atom. The monoisotopic (exact) mass is 465 g/mol. The van der Waals surface area contributed by atoms with E-state index in [1.54, 1.807) is 20.8 Å². The predicted molar refractivity (Wildman–Crippen MR) is 124 cm³/mol. The first kappa shape index (κ1) is 26.9. The summed E-state index contributed by atoms with van der Waals surface area (Å²) in [6.45, 7) is 10.7. The van der Waals surface area contributed by atoms with Crippen molar-refractivity contribution in [2.24, 2.45) is 0 Å². The number of alkyl carbamates (subject to hydrolysis) is 2. The third kappa shape index (κ3) is 12.5. The summed E-state index contributed by atoms with van der Waals surface area (Å²) in [5, 5.41) is 7.83. The second kappa shape index (κ2) is 13.3. The summed E-state index contributed by atoms with van der Waals surface area (Å²) in [5.74, 6) is -0.385. The van der Waals surface area contributed by atoms with E-state index < -0.39 is 29.8 Å². The Balaban J connectivity index is 2.42. The Kier molecular flexibility index (Phi) is 11.2. The van der Waals surface area contributed by atoms with Gasteiger partial charge < -0.3 is 24.8 Å². The van der Waals surface area contributed by atoms with E-state index in [0.717, 1.165) is 5.56 Å². The average Bonchev–Trinajstić information content (AvgIpc) is 2.67. The third-order valence-corrected chi connectivity index (χ3v) is 3.88. The summed E-state index contributed by atoms with van der Waals surface area (Å²) in [5.41, 5.74) is 0.145. The smallest absolute Gasteiger partial charge is 0.413 e. The number of allylic oxidation sites excluding steroid dienone is 1. The minimum absolute atomic E-state index is 0.0894. The van der Waals surface area contributed by atoms with Crippen molar-refractivity contribution in [3.8, 4) is 0 Å². The number of benzene rings is 1. The lowest BCUT2D eigenvalue weighted by molar-refractivity contribution is -0.157. The van der Waals surface area contributed by atoms with Gasteiger partial charge in [-0.25, -0.2) is 14.4 Å². The number of rotatable bonds is 9. The molecule has 0 aromatic heterocycles. The van der Waals surface area contributed by atoms with Gasteiger partial charge in [0.15, 0.2) is 5.11 Å². The Morgan fingerprint density at radius 2 is 1.78 bits per heavy atom. The van der Waals surface area contributed by atoms with Gasteiger partial charge in [-0.2, -0.15) is 0 Å². The van der Waals surface area contributed by atoms with Crippen LogP contribution >= 0.6 is 12.2 Å². The zero-order valence-corrected chi connectivity index (χ0v) is 19.7. The van der Waals surface area contributed by atoms with Crippen molar-refractivity contribution in [2.75, 3.05) is 6.54 Å². The molecule has 0 aliphatic carbocycles. The van der Waals surface area contributed by atoms with Gasteiger partial charge in [-0.05, 0) is 58.3 Å². The lowest BCUT2D eigenvalue weighted by Crippen LogP contribution is -2.45. The summed E-state index contributed by atoms with van der Waals surface area (Å²) in [6, 6.07) is 8.33. The molecule has 0 radical (unpaired) electrons. The number of carbonyl (C=O) groups excluding carboxylic acids is 3. The Hall–Kier alpha value is -3.14. The lowest BCUT2D eigenvalue weighted by Gasteiger charge is -2.24. The van der Waals surface area contributed by atoms with E-state index in [2.05, 4.69) is 22.5 Å². The van der Waals surface area contributed by atoms with Crippen molar-refractivity contribution in [1.82, 2.24) is 16.0 Å². The fourth-order valence-electron chi connectivity index (χ4n) is 2.36. The molecule has 0 saturated heterocycles. The minimum atomic E-state index is -0.916. The number of carbonyl (C=O) groups is 3. The van der Waals surface area contributed by atoms with Crippen molar-refractivity contribution < 1.29 is 28.6 Å². The molecule has 0 aliphatic heterocycles. The number of hydrogen-bond acceptors (Lipinski definition) is 7. The number of ether oxygens (including phenoxy) is 3. The molecule has 32 heavy (non-hydrogen) atoms. The number of thiocarbonyl (C=S) groups is 1. The second-order valence-electron chi connectivity index (χ2n) is 7.91. The maximum atomic E-state index is 12.4. The van der Waals surface area contributed by atoms with E-state index in [9.17, 15) is 14.4 Å². The zero-order valence-electron chi connectivity index (χ0n) is 18.9. The van der Waals surface area contributed by atoms with Crippen molar-refractivity contribution in [1.29, 1.82) is 0 Å². The number of hydrogen-bond donors (Lipinski definition) is 3. The van der Waals surface area contributed by atoms with Gasteiger partial charge in [0.2, 0.25) is 0 Å². The zero-order chi connectivity index (χ0) is 24.1. The largest absolute Gasteiger partial charge is 0.458 e. The van der Waals surface area contributed by atoms with Crippen LogP contribution in [0.4, 0.5) is 9.59 Å².